The Morgan fingerprint density at radius 1 is 0.850 bits per heavy atom. The van der Waals surface area contributed by atoms with E-state index in [0.717, 1.165) is 12.8 Å². The molecule has 0 unspecified atom stereocenters. The first-order chi connectivity index (χ1) is 9.75. The first-order valence-electron chi connectivity index (χ1n) is 8.18. The molecule has 0 spiro atoms. The van der Waals surface area contributed by atoms with Crippen LogP contribution in [0.1, 0.15) is 77.6 Å². The van der Waals surface area contributed by atoms with E-state index < -0.39 is 17.9 Å². The molecule has 0 aliphatic carbocycles. The van der Waals surface area contributed by atoms with E-state index in [1.807, 2.05) is 6.08 Å². The largest absolute Gasteiger partial charge is 0.391 e. The molecule has 1 fully saturated rings. The molecule has 1 rings (SSSR count). The van der Waals surface area contributed by atoms with Crippen LogP contribution in [0.15, 0.2) is 12.2 Å². The summed E-state index contributed by atoms with van der Waals surface area (Å²) >= 11 is 0. The van der Waals surface area contributed by atoms with Gasteiger partial charge in [0.05, 0.1) is 0 Å². The second kappa shape index (κ2) is 10.6. The lowest BCUT2D eigenvalue weighted by molar-refractivity contribution is -0.180. The monoisotopic (exact) mass is 280 g/mol. The van der Waals surface area contributed by atoms with Gasteiger partial charge in [0.2, 0.25) is 0 Å². The van der Waals surface area contributed by atoms with E-state index in [-0.39, 0.29) is 0 Å². The van der Waals surface area contributed by atoms with Crippen molar-refractivity contribution < 1.29 is 14.3 Å². The molecule has 0 amide bonds. The van der Waals surface area contributed by atoms with E-state index in [9.17, 15) is 9.59 Å². The minimum atomic E-state index is -0.613. The van der Waals surface area contributed by atoms with Crippen LogP contribution >= 0.6 is 0 Å². The van der Waals surface area contributed by atoms with Crippen LogP contribution in [-0.2, 0) is 14.3 Å². The highest BCUT2D eigenvalue weighted by molar-refractivity contribution is 6.11. The smallest absolute Gasteiger partial charge is 0.331 e. The Morgan fingerprint density at radius 3 is 1.85 bits per heavy atom. The summed E-state index contributed by atoms with van der Waals surface area (Å²) in [5.74, 6) is -1.43. The zero-order valence-electron chi connectivity index (χ0n) is 12.7. The molecule has 0 bridgehead atoms. The summed E-state index contributed by atoms with van der Waals surface area (Å²) in [6.45, 7) is 2.25. The van der Waals surface area contributed by atoms with E-state index in [1.165, 1.54) is 57.8 Å². The molecule has 1 saturated heterocycles. The number of rotatable bonds is 12. The third-order valence-electron chi connectivity index (χ3n) is 3.76. The summed E-state index contributed by atoms with van der Waals surface area (Å²) in [5.41, 5.74) is 0. The van der Waals surface area contributed by atoms with Gasteiger partial charge in [-0.1, -0.05) is 76.9 Å². The van der Waals surface area contributed by atoms with Gasteiger partial charge in [-0.3, -0.25) is 9.59 Å². The molecule has 1 heterocycles. The second-order valence-corrected chi connectivity index (χ2v) is 5.62. The summed E-state index contributed by atoms with van der Waals surface area (Å²) in [6.07, 6.45) is 17.8. The van der Waals surface area contributed by atoms with Crippen LogP contribution in [0.2, 0.25) is 0 Å². The normalized spacial score (nSPS) is 15.7. The van der Waals surface area contributed by atoms with Crippen molar-refractivity contribution in [3.8, 4) is 0 Å². The Balaban J connectivity index is 1.82. The van der Waals surface area contributed by atoms with Crippen LogP contribution in [0.25, 0.3) is 0 Å². The van der Waals surface area contributed by atoms with Gasteiger partial charge < -0.3 is 4.74 Å². The van der Waals surface area contributed by atoms with Gasteiger partial charge in [0.15, 0.2) is 5.92 Å². The fourth-order valence-electron chi connectivity index (χ4n) is 2.40. The molecule has 0 aromatic carbocycles. The number of hydrogen-bond acceptors (Lipinski definition) is 3. The van der Waals surface area contributed by atoms with Crippen molar-refractivity contribution >= 4 is 11.9 Å². The lowest BCUT2D eigenvalue weighted by Crippen LogP contribution is -2.39. The molecule has 0 radical (unpaired) electrons. The van der Waals surface area contributed by atoms with Crippen LogP contribution in [0, 0.1) is 5.92 Å². The highest BCUT2D eigenvalue weighted by Crippen LogP contribution is 2.17. The van der Waals surface area contributed by atoms with Gasteiger partial charge in [-0.05, 0) is 12.8 Å². The number of carbonyl (C=O) groups is 2. The maximum atomic E-state index is 10.9. The standard InChI is InChI=1S/C17H28O3/c1-2-3-4-5-6-7-8-9-10-11-12-13-14-15-16(18)20-17(15)19/h13-15H,2-12H2,1H3/b14-13-. The Labute approximate surface area is 122 Å². The predicted octanol–water partition coefficient (Wildman–Crippen LogP) is 4.55. The summed E-state index contributed by atoms with van der Waals surface area (Å²) in [4.78, 5) is 21.8. The molecule has 3 heteroatoms. The number of cyclic esters (lactones) is 2. The molecule has 1 aliphatic heterocycles. The van der Waals surface area contributed by atoms with E-state index in [4.69, 9.17) is 0 Å². The molecule has 0 aromatic rings. The fraction of sp³-hybridized carbons (Fsp3) is 0.765. The molecule has 1 aliphatic rings. The van der Waals surface area contributed by atoms with Gasteiger partial charge in [0.25, 0.3) is 0 Å². The van der Waals surface area contributed by atoms with Gasteiger partial charge in [-0.2, -0.15) is 0 Å². The van der Waals surface area contributed by atoms with Crippen molar-refractivity contribution in [3.05, 3.63) is 12.2 Å². The Kier molecular flexibility index (Phi) is 9.01. The molecule has 114 valence electrons. The SMILES string of the molecule is CCCCCCCCCCCC/C=C\C1C(=O)OC1=O. The van der Waals surface area contributed by atoms with Crippen LogP contribution in [0.3, 0.4) is 0 Å². The van der Waals surface area contributed by atoms with Gasteiger partial charge in [-0.25, -0.2) is 0 Å². The van der Waals surface area contributed by atoms with Gasteiger partial charge in [0.1, 0.15) is 0 Å². The summed E-state index contributed by atoms with van der Waals surface area (Å²) in [7, 11) is 0. The van der Waals surface area contributed by atoms with Crippen LogP contribution in [-0.4, -0.2) is 11.9 Å². The molecular weight excluding hydrogens is 252 g/mol. The zero-order valence-corrected chi connectivity index (χ0v) is 12.7. The number of ether oxygens (including phenoxy) is 1. The van der Waals surface area contributed by atoms with Crippen LogP contribution in [0.5, 0.6) is 0 Å². The molecule has 0 N–H and O–H groups in total. The van der Waals surface area contributed by atoms with Crippen LogP contribution in [0.4, 0.5) is 0 Å². The van der Waals surface area contributed by atoms with Gasteiger partial charge in [-0.15, -0.1) is 0 Å². The molecule has 20 heavy (non-hydrogen) atoms. The third kappa shape index (κ3) is 6.88. The van der Waals surface area contributed by atoms with Crippen molar-refractivity contribution in [2.24, 2.45) is 5.92 Å². The average Bonchev–Trinajstić information content (AvgIpc) is 2.44. The average molecular weight is 280 g/mol. The van der Waals surface area contributed by atoms with E-state index in [2.05, 4.69) is 11.7 Å². The minimum Gasteiger partial charge on any atom is -0.391 e. The Bertz CT molecular complexity index is 306. The molecule has 0 atom stereocenters. The molecule has 0 aromatic heterocycles. The summed E-state index contributed by atoms with van der Waals surface area (Å²) in [6, 6.07) is 0. The van der Waals surface area contributed by atoms with Gasteiger partial charge >= 0.3 is 11.9 Å². The maximum absolute atomic E-state index is 10.9. The highest BCUT2D eigenvalue weighted by atomic mass is 16.6. The number of carbonyl (C=O) groups excluding carboxylic acids is 2. The number of hydrogen-bond donors (Lipinski definition) is 0. The maximum Gasteiger partial charge on any atom is 0.331 e. The number of allylic oxidation sites excluding steroid dienone is 1. The first-order valence-corrected chi connectivity index (χ1v) is 8.18. The number of unbranched alkanes of at least 4 members (excludes halogenated alkanes) is 10. The Morgan fingerprint density at radius 2 is 1.35 bits per heavy atom. The topological polar surface area (TPSA) is 43.4 Å². The van der Waals surface area contributed by atoms with Gasteiger partial charge in [0, 0.05) is 0 Å². The van der Waals surface area contributed by atoms with E-state index >= 15 is 0 Å². The van der Waals surface area contributed by atoms with E-state index in [0.29, 0.717) is 0 Å². The molecule has 0 saturated carbocycles. The summed E-state index contributed by atoms with van der Waals surface area (Å²) < 4.78 is 4.28. The van der Waals surface area contributed by atoms with Crippen molar-refractivity contribution in [2.45, 2.75) is 77.6 Å². The first kappa shape index (κ1) is 16.9. The third-order valence-corrected chi connectivity index (χ3v) is 3.76. The predicted molar refractivity (Wildman–Crippen MR) is 80.2 cm³/mol. The van der Waals surface area contributed by atoms with Crippen molar-refractivity contribution in [1.82, 2.24) is 0 Å². The zero-order chi connectivity index (χ0) is 14.6. The number of esters is 2. The van der Waals surface area contributed by atoms with Crippen LogP contribution < -0.4 is 0 Å². The Hall–Kier alpha value is -1.12. The molecule has 3 nitrogen and oxygen atoms in total. The van der Waals surface area contributed by atoms with Crippen molar-refractivity contribution in [2.75, 3.05) is 0 Å². The van der Waals surface area contributed by atoms with E-state index in [1.54, 1.807) is 6.08 Å². The molecular formula is C17H28O3. The fourth-order valence-corrected chi connectivity index (χ4v) is 2.40. The second-order valence-electron chi connectivity index (χ2n) is 5.62. The summed E-state index contributed by atoms with van der Waals surface area (Å²) in [5, 5.41) is 0. The highest BCUT2D eigenvalue weighted by Gasteiger charge is 2.39. The lowest BCUT2D eigenvalue weighted by Gasteiger charge is -2.17. The van der Waals surface area contributed by atoms with Crippen molar-refractivity contribution in [3.63, 3.8) is 0 Å². The minimum absolute atomic E-state index is 0.408. The quantitative estimate of drug-likeness (QED) is 0.228. The van der Waals surface area contributed by atoms with Crippen molar-refractivity contribution in [1.29, 1.82) is 0 Å². The lowest BCUT2D eigenvalue weighted by atomic mass is 10.0.